The molecule has 0 radical (unpaired) electrons. The summed E-state index contributed by atoms with van der Waals surface area (Å²) < 4.78 is 1.29. The fourth-order valence-electron chi connectivity index (χ4n) is 3.45. The zero-order valence-corrected chi connectivity index (χ0v) is 16.1. The molecule has 0 fully saturated rings. The molecule has 0 aromatic rings. The van der Waals surface area contributed by atoms with E-state index in [2.05, 4.69) is 20.8 Å². The highest BCUT2D eigenvalue weighted by molar-refractivity contribution is 5.63. The van der Waals surface area contributed by atoms with Crippen molar-refractivity contribution < 1.29 is 14.4 Å². The van der Waals surface area contributed by atoms with Crippen LogP contribution < -0.4 is 5.11 Å². The molecule has 0 atom stereocenters. The van der Waals surface area contributed by atoms with Crippen LogP contribution in [-0.4, -0.2) is 36.6 Å². The van der Waals surface area contributed by atoms with Crippen LogP contribution in [0.2, 0.25) is 0 Å². The second kappa shape index (κ2) is 15.0. The fraction of sp³-hybridized carbons (Fsp3) is 0.950. The summed E-state index contributed by atoms with van der Waals surface area (Å²) in [5.41, 5.74) is 0. The molecule has 138 valence electrons. The topological polar surface area (TPSA) is 40.1 Å². The normalized spacial score (nSPS) is 11.8. The largest absolute Gasteiger partial charge is 0.550 e. The Morgan fingerprint density at radius 2 is 1.00 bits per heavy atom. The first-order valence-corrected chi connectivity index (χ1v) is 10.1. The van der Waals surface area contributed by atoms with Gasteiger partial charge in [0, 0.05) is 5.97 Å². The zero-order chi connectivity index (χ0) is 17.4. The Balaban J connectivity index is 3.29. The van der Waals surface area contributed by atoms with Gasteiger partial charge in [-0.1, -0.05) is 51.4 Å². The van der Waals surface area contributed by atoms with Crippen LogP contribution in [0.15, 0.2) is 0 Å². The molecule has 0 aromatic heterocycles. The summed E-state index contributed by atoms with van der Waals surface area (Å²) in [7, 11) is 0. The van der Waals surface area contributed by atoms with Gasteiger partial charge in [0.15, 0.2) is 0 Å². The third kappa shape index (κ3) is 12.5. The molecule has 0 unspecified atom stereocenters. The highest BCUT2D eigenvalue weighted by atomic mass is 16.4. The van der Waals surface area contributed by atoms with E-state index in [1.165, 1.54) is 88.4 Å². The lowest BCUT2D eigenvalue weighted by molar-refractivity contribution is -0.923. The number of hydrogen-bond donors (Lipinski definition) is 0. The number of carboxylic acids is 1. The first kappa shape index (κ1) is 22.4. The van der Waals surface area contributed by atoms with E-state index in [1.807, 2.05) is 0 Å². The maximum atomic E-state index is 10.3. The van der Waals surface area contributed by atoms with Gasteiger partial charge in [-0.15, -0.1) is 0 Å². The number of hydrogen-bond acceptors (Lipinski definition) is 2. The maximum Gasteiger partial charge on any atom is 0.0786 e. The third-order valence-electron chi connectivity index (χ3n) is 5.53. The van der Waals surface area contributed by atoms with Gasteiger partial charge in [-0.3, -0.25) is 0 Å². The van der Waals surface area contributed by atoms with Crippen LogP contribution in [0.25, 0.3) is 0 Å². The number of carbonyl (C=O) groups is 1. The van der Waals surface area contributed by atoms with E-state index in [9.17, 15) is 9.90 Å². The first-order valence-electron chi connectivity index (χ1n) is 10.1. The van der Waals surface area contributed by atoms with E-state index in [4.69, 9.17) is 0 Å². The number of aliphatic carboxylic acids is 1. The molecular weight excluding hydrogens is 286 g/mol. The zero-order valence-electron chi connectivity index (χ0n) is 16.1. The molecule has 0 aromatic carbocycles. The van der Waals surface area contributed by atoms with E-state index in [-0.39, 0.29) is 6.42 Å². The molecule has 3 nitrogen and oxygen atoms in total. The molecule has 0 aliphatic rings. The van der Waals surface area contributed by atoms with E-state index in [0.29, 0.717) is 0 Å². The smallest absolute Gasteiger partial charge is 0.0786 e. The van der Waals surface area contributed by atoms with Crippen LogP contribution in [-0.2, 0) is 4.79 Å². The van der Waals surface area contributed by atoms with Gasteiger partial charge in [0.2, 0.25) is 0 Å². The van der Waals surface area contributed by atoms with Crippen LogP contribution in [0.1, 0.15) is 97.8 Å². The number of carbonyl (C=O) groups excluding carboxylic acids is 1. The Hall–Kier alpha value is -0.570. The van der Waals surface area contributed by atoms with Gasteiger partial charge < -0.3 is 14.4 Å². The van der Waals surface area contributed by atoms with Gasteiger partial charge >= 0.3 is 0 Å². The van der Waals surface area contributed by atoms with Crippen LogP contribution in [0.4, 0.5) is 0 Å². The fourth-order valence-corrected chi connectivity index (χ4v) is 3.45. The van der Waals surface area contributed by atoms with Gasteiger partial charge in [-0.25, -0.2) is 0 Å². The van der Waals surface area contributed by atoms with Crippen molar-refractivity contribution in [2.24, 2.45) is 0 Å². The van der Waals surface area contributed by atoms with Gasteiger partial charge in [0.25, 0.3) is 0 Å². The molecule has 3 heteroatoms. The summed E-state index contributed by atoms with van der Waals surface area (Å²) in [5.74, 6) is -0.905. The van der Waals surface area contributed by atoms with Gasteiger partial charge in [0.1, 0.15) is 0 Å². The number of nitrogens with zero attached hydrogens (tertiary/aromatic N) is 1. The van der Waals surface area contributed by atoms with Crippen molar-refractivity contribution in [1.82, 2.24) is 0 Å². The first-order chi connectivity index (χ1) is 11.1. The van der Waals surface area contributed by atoms with Crippen molar-refractivity contribution in [1.29, 1.82) is 0 Å². The van der Waals surface area contributed by atoms with Crippen LogP contribution in [0.5, 0.6) is 0 Å². The predicted molar refractivity (Wildman–Crippen MR) is 97.2 cm³/mol. The Morgan fingerprint density at radius 1 is 0.652 bits per heavy atom. The van der Waals surface area contributed by atoms with Crippen LogP contribution >= 0.6 is 0 Å². The summed E-state index contributed by atoms with van der Waals surface area (Å²) in [6.07, 6.45) is 14.1. The average Bonchev–Trinajstić information content (AvgIpc) is 2.56. The van der Waals surface area contributed by atoms with Gasteiger partial charge in [0.05, 0.1) is 26.2 Å². The van der Waals surface area contributed by atoms with Crippen molar-refractivity contribution in [3.8, 4) is 0 Å². The summed E-state index contributed by atoms with van der Waals surface area (Å²) in [4.78, 5) is 10.3. The lowest BCUT2D eigenvalue weighted by Crippen LogP contribution is -2.48. The Labute approximate surface area is 145 Å². The molecule has 0 aliphatic carbocycles. The molecule has 0 rings (SSSR count). The number of quaternary nitrogens is 1. The molecule has 0 bridgehead atoms. The van der Waals surface area contributed by atoms with Crippen LogP contribution in [0, 0.1) is 0 Å². The van der Waals surface area contributed by atoms with E-state index >= 15 is 0 Å². The molecule has 0 aliphatic heterocycles. The quantitative estimate of drug-likeness (QED) is 0.295. The highest BCUT2D eigenvalue weighted by Gasteiger charge is 2.19. The highest BCUT2D eigenvalue weighted by Crippen LogP contribution is 2.14. The molecule has 0 saturated heterocycles. The number of carboxylic acid groups (broad SMARTS) is 1. The van der Waals surface area contributed by atoms with E-state index in [0.717, 1.165) is 12.8 Å². The Bertz CT molecular complexity index is 267. The molecule has 0 heterocycles. The lowest BCUT2D eigenvalue weighted by atomic mass is 10.0. The lowest BCUT2D eigenvalue weighted by Gasteiger charge is -2.35. The predicted octanol–water partition coefficient (Wildman–Crippen LogP) is 4.29. The Morgan fingerprint density at radius 3 is 1.35 bits per heavy atom. The summed E-state index contributed by atoms with van der Waals surface area (Å²) in [6.45, 7) is 12.2. The summed E-state index contributed by atoms with van der Waals surface area (Å²) >= 11 is 0. The monoisotopic (exact) mass is 327 g/mol. The van der Waals surface area contributed by atoms with Crippen molar-refractivity contribution in [3.63, 3.8) is 0 Å². The van der Waals surface area contributed by atoms with Crippen molar-refractivity contribution >= 4 is 5.97 Å². The minimum Gasteiger partial charge on any atom is -0.550 e. The SMILES string of the molecule is CC[N+](CC)(CC)CCCCCCCCCCCCCC(=O)[O-]. The summed E-state index contributed by atoms with van der Waals surface area (Å²) in [6, 6.07) is 0. The number of rotatable bonds is 17. The summed E-state index contributed by atoms with van der Waals surface area (Å²) in [5, 5.41) is 10.3. The molecule has 0 spiro atoms. The van der Waals surface area contributed by atoms with Gasteiger partial charge in [-0.2, -0.15) is 0 Å². The van der Waals surface area contributed by atoms with Gasteiger partial charge in [-0.05, 0) is 46.5 Å². The molecular formula is C20H41NO2. The molecule has 23 heavy (non-hydrogen) atoms. The minimum atomic E-state index is -0.905. The standard InChI is InChI=1S/C20H41NO2/c1-4-21(5-2,6-3)19-17-15-13-11-9-7-8-10-12-14-16-18-20(22)23/h4-19H2,1-3H3. The molecule has 0 amide bonds. The second-order valence-corrected chi connectivity index (χ2v) is 7.03. The third-order valence-corrected chi connectivity index (χ3v) is 5.53. The molecule has 0 saturated carbocycles. The van der Waals surface area contributed by atoms with Crippen molar-refractivity contribution in [2.45, 2.75) is 97.8 Å². The number of unbranched alkanes of at least 4 members (excludes halogenated alkanes) is 10. The van der Waals surface area contributed by atoms with Crippen molar-refractivity contribution in [2.75, 3.05) is 26.2 Å². The van der Waals surface area contributed by atoms with E-state index in [1.54, 1.807) is 0 Å². The van der Waals surface area contributed by atoms with Crippen molar-refractivity contribution in [3.05, 3.63) is 0 Å². The van der Waals surface area contributed by atoms with E-state index < -0.39 is 5.97 Å². The van der Waals surface area contributed by atoms with Crippen LogP contribution in [0.3, 0.4) is 0 Å². The average molecular weight is 328 g/mol. The second-order valence-electron chi connectivity index (χ2n) is 7.03. The Kier molecular flexibility index (Phi) is 14.6. The minimum absolute atomic E-state index is 0.230. The maximum absolute atomic E-state index is 10.3. The molecule has 0 N–H and O–H groups in total.